The molecule has 21 heavy (non-hydrogen) atoms. The molecule has 0 amide bonds. The van der Waals surface area contributed by atoms with Crippen molar-refractivity contribution in [1.29, 1.82) is 0 Å². The Kier molecular flexibility index (Phi) is 5.14. The van der Waals surface area contributed by atoms with Crippen LogP contribution in [0.4, 0.5) is 5.69 Å². The number of nitrogens with two attached hydrogens (primary N) is 1. The van der Waals surface area contributed by atoms with Crippen LogP contribution in [-0.4, -0.2) is 27.2 Å². The average Bonchev–Trinajstić information content (AvgIpc) is 2.40. The lowest BCUT2D eigenvalue weighted by molar-refractivity contribution is -0.0160. The molecule has 1 saturated heterocycles. The highest BCUT2D eigenvalue weighted by Crippen LogP contribution is 2.29. The molecule has 7 heteroatoms. The van der Waals surface area contributed by atoms with E-state index in [4.69, 9.17) is 21.5 Å². The SMILES string of the molecule is CC(C)C1CC(Nc2cc(S(N)(=O)=O)ccc2Cl)CCO1. The number of rotatable bonds is 4. The maximum Gasteiger partial charge on any atom is 0.238 e. The van der Waals surface area contributed by atoms with Gasteiger partial charge in [-0.2, -0.15) is 0 Å². The summed E-state index contributed by atoms with van der Waals surface area (Å²) in [4.78, 5) is 0.0573. The Bertz CT molecular complexity index is 604. The van der Waals surface area contributed by atoms with Crippen LogP contribution in [0.1, 0.15) is 26.7 Å². The second-order valence-electron chi connectivity index (χ2n) is 5.71. The van der Waals surface area contributed by atoms with Crippen molar-refractivity contribution in [3.05, 3.63) is 23.2 Å². The first-order valence-electron chi connectivity index (χ1n) is 6.98. The van der Waals surface area contributed by atoms with Crippen LogP contribution in [-0.2, 0) is 14.8 Å². The van der Waals surface area contributed by atoms with E-state index in [2.05, 4.69) is 19.2 Å². The zero-order valence-electron chi connectivity index (χ0n) is 12.2. The number of anilines is 1. The number of benzene rings is 1. The number of nitrogens with one attached hydrogen (secondary N) is 1. The topological polar surface area (TPSA) is 81.4 Å². The minimum atomic E-state index is -3.73. The lowest BCUT2D eigenvalue weighted by atomic mass is 9.95. The summed E-state index contributed by atoms with van der Waals surface area (Å²) in [6.45, 7) is 4.94. The number of sulfonamides is 1. The van der Waals surface area contributed by atoms with Crippen molar-refractivity contribution in [3.8, 4) is 0 Å². The highest BCUT2D eigenvalue weighted by atomic mass is 35.5. The van der Waals surface area contributed by atoms with Crippen LogP contribution in [0.15, 0.2) is 23.1 Å². The third kappa shape index (κ3) is 4.32. The number of primary sulfonamides is 1. The maximum atomic E-state index is 11.4. The monoisotopic (exact) mass is 332 g/mol. The highest BCUT2D eigenvalue weighted by Gasteiger charge is 2.25. The van der Waals surface area contributed by atoms with Gasteiger partial charge in [0.1, 0.15) is 0 Å². The molecular formula is C14H21ClN2O3S. The van der Waals surface area contributed by atoms with Crippen LogP contribution in [0.25, 0.3) is 0 Å². The molecular weight excluding hydrogens is 312 g/mol. The largest absolute Gasteiger partial charge is 0.381 e. The molecule has 1 heterocycles. The second-order valence-corrected chi connectivity index (χ2v) is 7.67. The molecule has 0 radical (unpaired) electrons. The van der Waals surface area contributed by atoms with Crippen LogP contribution < -0.4 is 10.5 Å². The molecule has 2 unspecified atom stereocenters. The standard InChI is InChI=1S/C14H21ClN2O3S/c1-9(2)14-7-10(5-6-20-14)17-13-8-11(21(16,18)19)3-4-12(13)15/h3-4,8-10,14,17H,5-7H2,1-2H3,(H2,16,18,19). The molecule has 3 N–H and O–H groups in total. The van der Waals surface area contributed by atoms with Crippen LogP contribution in [0.2, 0.25) is 5.02 Å². The molecule has 0 saturated carbocycles. The van der Waals surface area contributed by atoms with E-state index in [0.717, 1.165) is 12.8 Å². The van der Waals surface area contributed by atoms with E-state index in [1.54, 1.807) is 6.07 Å². The normalized spacial score (nSPS) is 23.3. The molecule has 1 fully saturated rings. The molecule has 0 aromatic heterocycles. The minimum absolute atomic E-state index is 0.0573. The summed E-state index contributed by atoms with van der Waals surface area (Å²) in [5.74, 6) is 0.445. The van der Waals surface area contributed by atoms with E-state index in [-0.39, 0.29) is 17.0 Å². The van der Waals surface area contributed by atoms with Crippen LogP contribution in [0.5, 0.6) is 0 Å². The molecule has 0 aliphatic carbocycles. The fourth-order valence-corrected chi connectivity index (χ4v) is 3.15. The Balaban J connectivity index is 2.15. The fourth-order valence-electron chi connectivity index (χ4n) is 2.44. The Labute approximate surface area is 130 Å². The van der Waals surface area contributed by atoms with Crippen molar-refractivity contribution < 1.29 is 13.2 Å². The Hall–Kier alpha value is -0.820. The first-order valence-corrected chi connectivity index (χ1v) is 8.90. The van der Waals surface area contributed by atoms with Gasteiger partial charge in [-0.3, -0.25) is 0 Å². The van der Waals surface area contributed by atoms with E-state index < -0.39 is 10.0 Å². The molecule has 2 atom stereocenters. The first kappa shape index (κ1) is 16.5. The predicted octanol–water partition coefficient (Wildman–Crippen LogP) is 2.60. The smallest absolute Gasteiger partial charge is 0.238 e. The molecule has 0 bridgehead atoms. The number of hydrogen-bond acceptors (Lipinski definition) is 4. The number of hydrogen-bond donors (Lipinski definition) is 2. The van der Waals surface area contributed by atoms with E-state index in [1.165, 1.54) is 12.1 Å². The minimum Gasteiger partial charge on any atom is -0.381 e. The molecule has 1 aliphatic heterocycles. The van der Waals surface area contributed by atoms with Gasteiger partial charge in [-0.15, -0.1) is 0 Å². The summed E-state index contributed by atoms with van der Waals surface area (Å²) in [6, 6.07) is 4.64. The summed E-state index contributed by atoms with van der Waals surface area (Å²) in [6.07, 6.45) is 1.93. The third-order valence-corrected chi connectivity index (χ3v) is 4.93. The summed E-state index contributed by atoms with van der Waals surface area (Å²) in [5.41, 5.74) is 0.595. The van der Waals surface area contributed by atoms with Gasteiger partial charge in [0.15, 0.2) is 0 Å². The van der Waals surface area contributed by atoms with E-state index in [1.807, 2.05) is 0 Å². The van der Waals surface area contributed by atoms with E-state index in [9.17, 15) is 8.42 Å². The van der Waals surface area contributed by atoms with Crippen molar-refractivity contribution in [2.75, 3.05) is 11.9 Å². The first-order chi connectivity index (χ1) is 9.77. The van der Waals surface area contributed by atoms with Gasteiger partial charge >= 0.3 is 0 Å². The lowest BCUT2D eigenvalue weighted by Gasteiger charge is -2.33. The molecule has 0 spiro atoms. The van der Waals surface area contributed by atoms with Gasteiger partial charge in [0.05, 0.1) is 21.7 Å². The molecule has 2 rings (SSSR count). The zero-order valence-corrected chi connectivity index (χ0v) is 13.7. The van der Waals surface area contributed by atoms with E-state index in [0.29, 0.717) is 23.2 Å². The summed E-state index contributed by atoms with van der Waals surface area (Å²) < 4.78 is 28.6. The van der Waals surface area contributed by atoms with E-state index >= 15 is 0 Å². The average molecular weight is 333 g/mol. The van der Waals surface area contributed by atoms with Crippen molar-refractivity contribution in [2.24, 2.45) is 11.1 Å². The zero-order chi connectivity index (χ0) is 15.6. The molecule has 1 aromatic carbocycles. The van der Waals surface area contributed by atoms with Gasteiger partial charge in [-0.1, -0.05) is 25.4 Å². The van der Waals surface area contributed by atoms with Gasteiger partial charge in [-0.05, 0) is 37.0 Å². The maximum absolute atomic E-state index is 11.4. The predicted molar refractivity (Wildman–Crippen MR) is 84.0 cm³/mol. The molecule has 1 aliphatic rings. The van der Waals surface area contributed by atoms with Crippen molar-refractivity contribution in [2.45, 2.75) is 43.7 Å². The molecule has 118 valence electrons. The summed E-state index contributed by atoms with van der Waals surface area (Å²) >= 11 is 6.14. The molecule has 5 nitrogen and oxygen atoms in total. The van der Waals surface area contributed by atoms with Crippen molar-refractivity contribution in [1.82, 2.24) is 0 Å². The third-order valence-electron chi connectivity index (χ3n) is 3.68. The quantitative estimate of drug-likeness (QED) is 0.888. The van der Waals surface area contributed by atoms with Gasteiger partial charge in [-0.25, -0.2) is 13.6 Å². The second kappa shape index (κ2) is 6.52. The number of ether oxygens (including phenoxy) is 1. The lowest BCUT2D eigenvalue weighted by Crippen LogP contribution is -2.36. The van der Waals surface area contributed by atoms with Gasteiger partial charge in [0.25, 0.3) is 0 Å². The highest BCUT2D eigenvalue weighted by molar-refractivity contribution is 7.89. The van der Waals surface area contributed by atoms with Gasteiger partial charge in [0.2, 0.25) is 10.0 Å². The number of halogens is 1. The Morgan fingerprint density at radius 3 is 2.76 bits per heavy atom. The summed E-state index contributed by atoms with van der Waals surface area (Å²) in [7, 11) is -3.73. The van der Waals surface area contributed by atoms with Crippen LogP contribution in [0.3, 0.4) is 0 Å². The Morgan fingerprint density at radius 2 is 2.14 bits per heavy atom. The van der Waals surface area contributed by atoms with Crippen LogP contribution >= 0.6 is 11.6 Å². The van der Waals surface area contributed by atoms with Crippen LogP contribution in [0, 0.1) is 5.92 Å². The molecule has 1 aromatic rings. The fraction of sp³-hybridized carbons (Fsp3) is 0.571. The Morgan fingerprint density at radius 1 is 1.43 bits per heavy atom. The van der Waals surface area contributed by atoms with Crippen molar-refractivity contribution in [3.63, 3.8) is 0 Å². The van der Waals surface area contributed by atoms with Crippen molar-refractivity contribution >= 4 is 27.3 Å². The summed E-state index contributed by atoms with van der Waals surface area (Å²) in [5, 5.41) is 8.95. The van der Waals surface area contributed by atoms with Gasteiger partial charge < -0.3 is 10.1 Å². The van der Waals surface area contributed by atoms with Gasteiger partial charge in [0, 0.05) is 12.6 Å².